The summed E-state index contributed by atoms with van der Waals surface area (Å²) in [4.78, 5) is 12.6. The molecule has 4 nitrogen and oxygen atoms in total. The van der Waals surface area contributed by atoms with Crippen molar-refractivity contribution in [3.63, 3.8) is 0 Å². The molecule has 1 fully saturated rings. The highest BCUT2D eigenvalue weighted by Crippen LogP contribution is 2.23. The van der Waals surface area contributed by atoms with Crippen molar-refractivity contribution in [3.05, 3.63) is 35.6 Å². The fraction of sp³-hybridized carbons (Fsp3) is 0.385. The maximum Gasteiger partial charge on any atom is 0.147 e. The smallest absolute Gasteiger partial charge is 0.147 e. The summed E-state index contributed by atoms with van der Waals surface area (Å²) in [6.45, 7) is 3.04. The van der Waals surface area contributed by atoms with E-state index >= 15 is 0 Å². The van der Waals surface area contributed by atoms with Crippen molar-refractivity contribution < 1.29 is 0 Å². The number of rotatable bonds is 2. The number of aromatic nitrogens is 2. The first-order valence-corrected chi connectivity index (χ1v) is 6.99. The van der Waals surface area contributed by atoms with Crippen molar-refractivity contribution >= 4 is 11.3 Å². The van der Waals surface area contributed by atoms with Crippen LogP contribution in [-0.4, -0.2) is 41.5 Å². The highest BCUT2D eigenvalue weighted by atomic mass is 32.1. The molecule has 3 rings (SSSR count). The van der Waals surface area contributed by atoms with E-state index in [4.69, 9.17) is 0 Å². The second-order valence-corrected chi connectivity index (χ2v) is 5.49. The molecule has 0 bridgehead atoms. The lowest BCUT2D eigenvalue weighted by atomic mass is 10.2. The van der Waals surface area contributed by atoms with Gasteiger partial charge in [0.25, 0.3) is 0 Å². The summed E-state index contributed by atoms with van der Waals surface area (Å²) in [5.74, 6) is 0.896. The summed E-state index contributed by atoms with van der Waals surface area (Å²) in [6, 6.07) is 6.36. The molecule has 1 aliphatic rings. The van der Waals surface area contributed by atoms with Crippen LogP contribution in [0.3, 0.4) is 0 Å². The molecule has 1 unspecified atom stereocenters. The number of thiophene rings is 1. The van der Waals surface area contributed by atoms with E-state index in [0.29, 0.717) is 0 Å². The molecule has 0 aliphatic carbocycles. The van der Waals surface area contributed by atoms with Crippen LogP contribution in [0.15, 0.2) is 29.8 Å². The zero-order valence-electron chi connectivity index (χ0n) is 10.3. The monoisotopic (exact) mass is 260 g/mol. The summed E-state index contributed by atoms with van der Waals surface area (Å²) in [7, 11) is 2.14. The van der Waals surface area contributed by atoms with Crippen LogP contribution >= 0.6 is 11.3 Å². The molecular weight excluding hydrogens is 244 g/mol. The number of nitrogens with zero attached hydrogens (tertiary/aromatic N) is 3. The van der Waals surface area contributed by atoms with Gasteiger partial charge >= 0.3 is 0 Å². The van der Waals surface area contributed by atoms with Crippen molar-refractivity contribution in [1.82, 2.24) is 20.2 Å². The van der Waals surface area contributed by atoms with Gasteiger partial charge in [-0.1, -0.05) is 6.07 Å². The van der Waals surface area contributed by atoms with Crippen LogP contribution in [0.2, 0.25) is 0 Å². The van der Waals surface area contributed by atoms with Crippen molar-refractivity contribution in [3.8, 4) is 10.6 Å². The van der Waals surface area contributed by atoms with E-state index in [9.17, 15) is 0 Å². The van der Waals surface area contributed by atoms with E-state index in [1.165, 1.54) is 4.88 Å². The Kier molecular flexibility index (Phi) is 3.36. The first-order valence-electron chi connectivity index (χ1n) is 6.12. The van der Waals surface area contributed by atoms with E-state index in [2.05, 4.69) is 44.7 Å². The predicted molar refractivity (Wildman–Crippen MR) is 73.6 cm³/mol. The molecule has 5 heteroatoms. The minimum atomic E-state index is 0.240. The molecule has 0 spiro atoms. The Morgan fingerprint density at radius 3 is 3.17 bits per heavy atom. The molecule has 1 atom stereocenters. The third kappa shape index (κ3) is 2.43. The maximum absolute atomic E-state index is 4.68. The van der Waals surface area contributed by atoms with Crippen molar-refractivity contribution in [1.29, 1.82) is 0 Å². The van der Waals surface area contributed by atoms with E-state index in [1.54, 1.807) is 11.3 Å². The molecule has 1 aliphatic heterocycles. The second kappa shape index (κ2) is 5.14. The van der Waals surface area contributed by atoms with Crippen LogP contribution in [0.1, 0.15) is 11.9 Å². The fourth-order valence-corrected chi connectivity index (χ4v) is 2.87. The van der Waals surface area contributed by atoms with Gasteiger partial charge in [-0.05, 0) is 24.6 Å². The Hall–Kier alpha value is -1.30. The first kappa shape index (κ1) is 11.8. The molecule has 0 radical (unpaired) electrons. The fourth-order valence-electron chi connectivity index (χ4n) is 2.17. The van der Waals surface area contributed by atoms with E-state index < -0.39 is 0 Å². The number of hydrogen-bond acceptors (Lipinski definition) is 5. The Bertz CT molecular complexity index is 511. The standard InChI is InChI=1S/C13H16N4S/c1-17-7-6-14-11(9-17)13-15-5-4-10(16-13)12-3-2-8-18-12/h2-5,8,11,14H,6-7,9H2,1H3. The molecule has 0 amide bonds. The van der Waals surface area contributed by atoms with E-state index in [0.717, 1.165) is 31.2 Å². The molecule has 3 heterocycles. The third-order valence-corrected chi connectivity index (χ3v) is 4.03. The van der Waals surface area contributed by atoms with Gasteiger partial charge in [0.05, 0.1) is 16.6 Å². The molecule has 2 aromatic heterocycles. The number of likely N-dealkylation sites (N-methyl/N-ethyl adjacent to an activating group) is 1. The molecule has 18 heavy (non-hydrogen) atoms. The van der Waals surface area contributed by atoms with Crippen LogP contribution in [0.4, 0.5) is 0 Å². The van der Waals surface area contributed by atoms with Crippen molar-refractivity contribution in [2.75, 3.05) is 26.7 Å². The lowest BCUT2D eigenvalue weighted by Crippen LogP contribution is -2.44. The highest BCUT2D eigenvalue weighted by molar-refractivity contribution is 7.13. The molecule has 2 aromatic rings. The summed E-state index contributed by atoms with van der Waals surface area (Å²) in [6.07, 6.45) is 1.85. The van der Waals surface area contributed by atoms with Gasteiger partial charge in [-0.3, -0.25) is 0 Å². The van der Waals surface area contributed by atoms with Crippen LogP contribution in [-0.2, 0) is 0 Å². The first-order chi connectivity index (χ1) is 8.83. The van der Waals surface area contributed by atoms with Crippen molar-refractivity contribution in [2.24, 2.45) is 0 Å². The lowest BCUT2D eigenvalue weighted by Gasteiger charge is -2.29. The minimum Gasteiger partial charge on any atom is -0.305 e. The average Bonchev–Trinajstić information content (AvgIpc) is 2.93. The van der Waals surface area contributed by atoms with Gasteiger partial charge in [0, 0.05) is 25.8 Å². The summed E-state index contributed by atoms with van der Waals surface area (Å²) in [5, 5.41) is 5.55. The zero-order valence-corrected chi connectivity index (χ0v) is 11.2. The van der Waals surface area contributed by atoms with Gasteiger partial charge in [-0.2, -0.15) is 0 Å². The minimum absolute atomic E-state index is 0.240. The number of nitrogens with one attached hydrogen (secondary N) is 1. The largest absolute Gasteiger partial charge is 0.305 e. The molecule has 1 saturated heterocycles. The lowest BCUT2D eigenvalue weighted by molar-refractivity contribution is 0.235. The summed E-state index contributed by atoms with van der Waals surface area (Å²) < 4.78 is 0. The predicted octanol–water partition coefficient (Wildman–Crippen LogP) is 1.78. The highest BCUT2D eigenvalue weighted by Gasteiger charge is 2.20. The van der Waals surface area contributed by atoms with Crippen LogP contribution in [0.5, 0.6) is 0 Å². The Balaban J connectivity index is 1.86. The Morgan fingerprint density at radius 1 is 1.44 bits per heavy atom. The molecule has 0 saturated carbocycles. The number of hydrogen-bond donors (Lipinski definition) is 1. The van der Waals surface area contributed by atoms with Crippen molar-refractivity contribution in [2.45, 2.75) is 6.04 Å². The summed E-state index contributed by atoms with van der Waals surface area (Å²) in [5.41, 5.74) is 1.02. The Morgan fingerprint density at radius 2 is 2.39 bits per heavy atom. The van der Waals surface area contributed by atoms with Gasteiger partial charge in [-0.25, -0.2) is 9.97 Å². The summed E-state index contributed by atoms with van der Waals surface area (Å²) >= 11 is 1.71. The van der Waals surface area contributed by atoms with E-state index in [1.807, 2.05) is 12.3 Å². The average molecular weight is 260 g/mol. The quantitative estimate of drug-likeness (QED) is 0.893. The van der Waals surface area contributed by atoms with Gasteiger partial charge in [-0.15, -0.1) is 11.3 Å². The van der Waals surface area contributed by atoms with Crippen LogP contribution < -0.4 is 5.32 Å². The molecule has 94 valence electrons. The van der Waals surface area contributed by atoms with Crippen LogP contribution in [0.25, 0.3) is 10.6 Å². The topological polar surface area (TPSA) is 41.0 Å². The maximum atomic E-state index is 4.68. The third-order valence-electron chi connectivity index (χ3n) is 3.14. The van der Waals surface area contributed by atoms with Gasteiger partial charge in [0.1, 0.15) is 5.82 Å². The van der Waals surface area contributed by atoms with Crippen LogP contribution in [0, 0.1) is 0 Å². The Labute approximate surface area is 111 Å². The van der Waals surface area contributed by atoms with Gasteiger partial charge in [0.2, 0.25) is 0 Å². The SMILES string of the molecule is CN1CCNC(c2nccc(-c3cccs3)n2)C1. The van der Waals surface area contributed by atoms with Gasteiger partial charge < -0.3 is 10.2 Å². The number of piperazine rings is 1. The zero-order chi connectivity index (χ0) is 12.4. The molecular formula is C13H16N4S. The van der Waals surface area contributed by atoms with Gasteiger partial charge in [0.15, 0.2) is 0 Å². The van der Waals surface area contributed by atoms with E-state index in [-0.39, 0.29) is 6.04 Å². The normalized spacial score (nSPS) is 21.1. The second-order valence-electron chi connectivity index (χ2n) is 4.55. The molecule has 1 N–H and O–H groups in total. The molecule has 0 aromatic carbocycles.